The third kappa shape index (κ3) is 4.64. The lowest BCUT2D eigenvalue weighted by Gasteiger charge is -2.21. The van der Waals surface area contributed by atoms with Gasteiger partial charge in [-0.3, -0.25) is 9.97 Å². The summed E-state index contributed by atoms with van der Waals surface area (Å²) >= 11 is 0. The number of ether oxygens (including phenoxy) is 1. The Balaban J connectivity index is 1.56. The minimum Gasteiger partial charge on any atom is -0.462 e. The van der Waals surface area contributed by atoms with Gasteiger partial charge in [-0.2, -0.15) is 0 Å². The maximum absolute atomic E-state index is 12.3. The van der Waals surface area contributed by atoms with E-state index in [9.17, 15) is 4.79 Å². The summed E-state index contributed by atoms with van der Waals surface area (Å²) in [7, 11) is 0. The highest BCUT2D eigenvalue weighted by Gasteiger charge is 2.31. The van der Waals surface area contributed by atoms with Crippen molar-refractivity contribution in [3.05, 3.63) is 120 Å². The molecule has 2 aromatic carbocycles. The van der Waals surface area contributed by atoms with Gasteiger partial charge in [0, 0.05) is 24.2 Å². The molecule has 5 aromatic rings. The Morgan fingerprint density at radius 3 is 2.48 bits per heavy atom. The largest absolute Gasteiger partial charge is 0.462 e. The number of nitrogens with zero attached hydrogens (tertiary/aromatic N) is 4. The van der Waals surface area contributed by atoms with E-state index >= 15 is 0 Å². The van der Waals surface area contributed by atoms with Crippen molar-refractivity contribution in [2.75, 3.05) is 6.61 Å². The van der Waals surface area contributed by atoms with Gasteiger partial charge >= 0.3 is 5.97 Å². The van der Waals surface area contributed by atoms with Gasteiger partial charge in [-0.25, -0.2) is 4.79 Å². The lowest BCUT2D eigenvalue weighted by molar-refractivity contribution is 0.0526. The Labute approximate surface area is 233 Å². The Kier molecular flexibility index (Phi) is 6.86. The van der Waals surface area contributed by atoms with Gasteiger partial charge in [0.25, 0.3) is 0 Å². The van der Waals surface area contributed by atoms with Gasteiger partial charge in [-0.05, 0) is 67.8 Å². The second-order valence-electron chi connectivity index (χ2n) is 9.97. The molecular formula is C33H30N4O3. The van der Waals surface area contributed by atoms with Gasteiger partial charge in [0.2, 0.25) is 0 Å². The minimum atomic E-state index is -0.330. The zero-order valence-electron chi connectivity index (χ0n) is 22.7. The van der Waals surface area contributed by atoms with Crippen LogP contribution in [0.2, 0.25) is 0 Å². The molecule has 0 N–H and O–H groups in total. The molecule has 7 heteroatoms. The van der Waals surface area contributed by atoms with Crippen LogP contribution in [0.4, 0.5) is 0 Å². The quantitative estimate of drug-likeness (QED) is 0.217. The Bertz CT molecular complexity index is 1640. The fourth-order valence-electron chi connectivity index (χ4n) is 5.52. The number of hydrogen-bond donors (Lipinski definition) is 0. The van der Waals surface area contributed by atoms with E-state index in [1.54, 1.807) is 19.1 Å². The monoisotopic (exact) mass is 530 g/mol. The molecule has 0 fully saturated rings. The van der Waals surface area contributed by atoms with E-state index in [1.165, 1.54) is 0 Å². The highest BCUT2D eigenvalue weighted by molar-refractivity contribution is 5.96. The SMILES string of the molecule is CCOC(=O)c1ccc(-c2cn([C@@H](c3ccccc3)c3ccccn3)c3cc(C4C(C)=NOC4C)cnc23)cc1. The number of hydrogen-bond acceptors (Lipinski definition) is 6. The van der Waals surface area contributed by atoms with Gasteiger partial charge in [0.05, 0.1) is 40.5 Å². The third-order valence-electron chi connectivity index (χ3n) is 7.40. The van der Waals surface area contributed by atoms with E-state index in [1.807, 2.05) is 68.7 Å². The molecule has 1 aliphatic rings. The summed E-state index contributed by atoms with van der Waals surface area (Å²) in [4.78, 5) is 27.6. The third-order valence-corrected chi connectivity index (χ3v) is 7.40. The van der Waals surface area contributed by atoms with Crippen molar-refractivity contribution in [2.24, 2.45) is 5.16 Å². The first kappa shape index (κ1) is 25.5. The summed E-state index contributed by atoms with van der Waals surface area (Å²) in [6.07, 6.45) is 5.82. The van der Waals surface area contributed by atoms with Crippen LogP contribution in [-0.4, -0.2) is 38.9 Å². The Morgan fingerprint density at radius 1 is 1.02 bits per heavy atom. The van der Waals surface area contributed by atoms with Crippen LogP contribution in [0.25, 0.3) is 22.2 Å². The first-order valence-corrected chi connectivity index (χ1v) is 13.5. The molecule has 2 unspecified atom stereocenters. The fraction of sp³-hybridized carbons (Fsp3) is 0.212. The predicted molar refractivity (Wildman–Crippen MR) is 155 cm³/mol. The molecule has 6 rings (SSSR count). The molecule has 0 amide bonds. The van der Waals surface area contributed by atoms with Crippen LogP contribution in [0.3, 0.4) is 0 Å². The van der Waals surface area contributed by atoms with Crippen LogP contribution < -0.4 is 0 Å². The summed E-state index contributed by atoms with van der Waals surface area (Å²) < 4.78 is 7.43. The molecule has 0 spiro atoms. The van der Waals surface area contributed by atoms with E-state index in [0.717, 1.165) is 44.7 Å². The van der Waals surface area contributed by atoms with E-state index in [4.69, 9.17) is 19.5 Å². The smallest absolute Gasteiger partial charge is 0.338 e. The zero-order valence-corrected chi connectivity index (χ0v) is 22.7. The molecule has 0 saturated heterocycles. The Morgan fingerprint density at radius 2 is 1.80 bits per heavy atom. The summed E-state index contributed by atoms with van der Waals surface area (Å²) in [6, 6.07) is 25.9. The number of pyridine rings is 2. The number of aromatic nitrogens is 3. The van der Waals surface area contributed by atoms with Crippen molar-refractivity contribution in [3.8, 4) is 11.1 Å². The van der Waals surface area contributed by atoms with Gasteiger partial charge in [0.15, 0.2) is 0 Å². The molecular weight excluding hydrogens is 500 g/mol. The van der Waals surface area contributed by atoms with Gasteiger partial charge in [-0.1, -0.05) is 53.7 Å². The molecule has 0 aliphatic carbocycles. The summed E-state index contributed by atoms with van der Waals surface area (Å²) in [5, 5.41) is 4.23. The zero-order chi connectivity index (χ0) is 27.6. The molecule has 40 heavy (non-hydrogen) atoms. The van der Waals surface area contributed by atoms with Crippen LogP contribution in [0.15, 0.2) is 103 Å². The van der Waals surface area contributed by atoms with E-state index in [-0.39, 0.29) is 24.0 Å². The topological polar surface area (TPSA) is 78.6 Å². The average Bonchev–Trinajstić information content (AvgIpc) is 3.53. The molecule has 3 atom stereocenters. The number of benzene rings is 2. The van der Waals surface area contributed by atoms with Crippen molar-refractivity contribution >= 4 is 22.7 Å². The van der Waals surface area contributed by atoms with Crippen molar-refractivity contribution in [2.45, 2.75) is 38.8 Å². The predicted octanol–water partition coefficient (Wildman–Crippen LogP) is 6.79. The maximum atomic E-state index is 12.3. The average molecular weight is 531 g/mol. The highest BCUT2D eigenvalue weighted by atomic mass is 16.6. The van der Waals surface area contributed by atoms with Crippen molar-refractivity contribution in [1.29, 1.82) is 0 Å². The number of oxime groups is 1. The van der Waals surface area contributed by atoms with Crippen LogP contribution in [0.5, 0.6) is 0 Å². The first-order chi connectivity index (χ1) is 19.5. The standard InChI is InChI=1S/C33H30N4O3/c1-4-39-33(38)25-15-13-23(14-16-25)27-20-37(32(24-10-6-5-7-11-24)28-12-8-9-17-34-28)29-18-26(19-35-31(27)29)30-21(2)36-40-22(30)3/h5-20,22,30,32H,4H2,1-3H3/t22?,30?,32-/m0/s1. The lowest BCUT2D eigenvalue weighted by atomic mass is 9.91. The van der Waals surface area contributed by atoms with E-state index < -0.39 is 0 Å². The van der Waals surface area contributed by atoms with Crippen molar-refractivity contribution in [3.63, 3.8) is 0 Å². The highest BCUT2D eigenvalue weighted by Crippen LogP contribution is 2.38. The van der Waals surface area contributed by atoms with Gasteiger partial charge in [0.1, 0.15) is 12.1 Å². The summed E-state index contributed by atoms with van der Waals surface area (Å²) in [5.74, 6) is -0.305. The van der Waals surface area contributed by atoms with E-state index in [2.05, 4.69) is 40.2 Å². The van der Waals surface area contributed by atoms with Crippen LogP contribution in [0, 0.1) is 0 Å². The summed E-state index contributed by atoms with van der Waals surface area (Å²) in [6.45, 7) is 6.17. The molecule has 200 valence electrons. The first-order valence-electron chi connectivity index (χ1n) is 13.5. The molecule has 3 aromatic heterocycles. The maximum Gasteiger partial charge on any atom is 0.338 e. The molecule has 4 heterocycles. The normalized spacial score (nSPS) is 17.3. The molecule has 1 aliphatic heterocycles. The lowest BCUT2D eigenvalue weighted by Crippen LogP contribution is -2.17. The molecule has 0 saturated carbocycles. The number of carbonyl (C=O) groups is 1. The van der Waals surface area contributed by atoms with Crippen LogP contribution >= 0.6 is 0 Å². The fourth-order valence-corrected chi connectivity index (χ4v) is 5.52. The van der Waals surface area contributed by atoms with Crippen molar-refractivity contribution in [1.82, 2.24) is 14.5 Å². The van der Waals surface area contributed by atoms with Gasteiger partial charge in [-0.15, -0.1) is 0 Å². The van der Waals surface area contributed by atoms with Crippen LogP contribution in [0.1, 0.15) is 59.9 Å². The number of fused-ring (bicyclic) bond motifs is 1. The van der Waals surface area contributed by atoms with Gasteiger partial charge < -0.3 is 14.1 Å². The second-order valence-corrected chi connectivity index (χ2v) is 9.97. The number of carbonyl (C=O) groups excluding carboxylic acids is 1. The molecule has 0 bridgehead atoms. The van der Waals surface area contributed by atoms with Crippen molar-refractivity contribution < 1.29 is 14.4 Å². The molecule has 7 nitrogen and oxygen atoms in total. The van der Waals surface area contributed by atoms with E-state index in [0.29, 0.717) is 12.2 Å². The number of rotatable bonds is 7. The second kappa shape index (κ2) is 10.8. The summed E-state index contributed by atoms with van der Waals surface area (Å²) in [5.41, 5.74) is 8.32. The molecule has 0 radical (unpaired) electrons. The minimum absolute atomic E-state index is 0.0255. The Hall–Kier alpha value is -4.78. The van der Waals surface area contributed by atoms with Crippen LogP contribution in [-0.2, 0) is 9.57 Å². The number of esters is 1.